The number of fused-ring (bicyclic) bond motifs is 1. The summed E-state index contributed by atoms with van der Waals surface area (Å²) < 4.78 is 6.62. The number of carbonyl (C=O) groups is 1. The Morgan fingerprint density at radius 1 is 1.37 bits per heavy atom. The fourth-order valence-electron chi connectivity index (χ4n) is 4.01. The minimum Gasteiger partial charge on any atom is -0.493 e. The molecule has 4 heterocycles. The molecule has 0 aromatic carbocycles. The predicted molar refractivity (Wildman–Crippen MR) is 118 cm³/mol. The third-order valence-electron chi connectivity index (χ3n) is 5.68. The van der Waals surface area contributed by atoms with Gasteiger partial charge in [-0.3, -0.25) is 9.89 Å². The maximum absolute atomic E-state index is 13.4. The van der Waals surface area contributed by atoms with Crippen molar-refractivity contribution in [3.8, 4) is 5.75 Å². The largest absolute Gasteiger partial charge is 0.493 e. The highest BCUT2D eigenvalue weighted by Gasteiger charge is 2.29. The molecule has 0 spiro atoms. The third-order valence-corrected chi connectivity index (χ3v) is 6.73. The Balaban J connectivity index is 1.56. The number of H-pyrrole nitrogens is 1. The van der Waals surface area contributed by atoms with E-state index in [9.17, 15) is 4.79 Å². The number of ether oxygens (including phenoxy) is 1. The number of amides is 1. The Morgan fingerprint density at radius 3 is 2.93 bits per heavy atom. The Labute approximate surface area is 179 Å². The summed E-state index contributed by atoms with van der Waals surface area (Å²) in [6.45, 7) is 6.21. The highest BCUT2D eigenvalue weighted by molar-refractivity contribution is 7.19. The fourth-order valence-corrected chi connectivity index (χ4v) is 5.05. The topological polar surface area (TPSA) is 95.2 Å². The zero-order valence-corrected chi connectivity index (χ0v) is 18.2. The number of anilines is 2. The summed E-state index contributed by atoms with van der Waals surface area (Å²) in [5, 5.41) is 15.2. The van der Waals surface area contributed by atoms with Crippen molar-refractivity contribution in [3.05, 3.63) is 28.4 Å². The molecule has 2 fully saturated rings. The number of pyridine rings is 1. The van der Waals surface area contributed by atoms with Crippen LogP contribution >= 0.6 is 11.3 Å². The maximum atomic E-state index is 13.4. The molecule has 0 bridgehead atoms. The molecule has 8 nitrogen and oxygen atoms in total. The molecule has 1 atom stereocenters. The second kappa shape index (κ2) is 7.55. The van der Waals surface area contributed by atoms with E-state index in [1.807, 2.05) is 17.9 Å². The van der Waals surface area contributed by atoms with Gasteiger partial charge in [-0.1, -0.05) is 0 Å². The van der Waals surface area contributed by atoms with Gasteiger partial charge in [0, 0.05) is 53.6 Å². The average molecular weight is 427 g/mol. The lowest BCUT2D eigenvalue weighted by molar-refractivity contribution is 0.0700. The zero-order chi connectivity index (χ0) is 20.8. The first-order valence-corrected chi connectivity index (χ1v) is 11.2. The quantitative estimate of drug-likeness (QED) is 0.579. The van der Waals surface area contributed by atoms with Crippen LogP contribution in [0.2, 0.25) is 0 Å². The number of aromatic nitrogens is 3. The van der Waals surface area contributed by atoms with Gasteiger partial charge in [-0.05, 0) is 32.8 Å². The number of methoxy groups -OCH3 is 1. The van der Waals surface area contributed by atoms with Crippen LogP contribution in [0.3, 0.4) is 0 Å². The number of aryl methyl sites for hydroxylation is 1. The summed E-state index contributed by atoms with van der Waals surface area (Å²) >= 11 is 1.61. The lowest BCUT2D eigenvalue weighted by Crippen LogP contribution is -2.51. The SMILES string of the molecule is COc1c(C(=O)N2CCN[C@H](C)C2)nc(Nc2cc(C3CC3)[nH]n2)c2cc(C)sc12. The highest BCUT2D eigenvalue weighted by atomic mass is 32.1. The predicted octanol–water partition coefficient (Wildman–Crippen LogP) is 3.39. The van der Waals surface area contributed by atoms with E-state index < -0.39 is 0 Å². The van der Waals surface area contributed by atoms with Crippen LogP contribution in [0, 0.1) is 6.92 Å². The Kier molecular flexibility index (Phi) is 4.86. The van der Waals surface area contributed by atoms with Crippen molar-refractivity contribution in [2.45, 2.75) is 38.6 Å². The zero-order valence-electron chi connectivity index (χ0n) is 17.4. The van der Waals surface area contributed by atoms with Crippen LogP contribution in [0.1, 0.15) is 46.7 Å². The van der Waals surface area contributed by atoms with Gasteiger partial charge in [0.05, 0.1) is 11.8 Å². The first-order valence-electron chi connectivity index (χ1n) is 10.4. The van der Waals surface area contributed by atoms with Gasteiger partial charge < -0.3 is 20.3 Å². The van der Waals surface area contributed by atoms with Crippen molar-refractivity contribution in [2.24, 2.45) is 0 Å². The molecule has 1 aliphatic carbocycles. The highest BCUT2D eigenvalue weighted by Crippen LogP contribution is 2.42. The fraction of sp³-hybridized carbons (Fsp3) is 0.476. The van der Waals surface area contributed by atoms with Crippen LogP contribution < -0.4 is 15.4 Å². The molecule has 1 amide bonds. The van der Waals surface area contributed by atoms with Crippen molar-refractivity contribution in [2.75, 3.05) is 32.1 Å². The van der Waals surface area contributed by atoms with Gasteiger partial charge in [-0.2, -0.15) is 5.10 Å². The van der Waals surface area contributed by atoms with E-state index in [1.54, 1.807) is 18.4 Å². The van der Waals surface area contributed by atoms with E-state index in [2.05, 4.69) is 33.8 Å². The van der Waals surface area contributed by atoms with Crippen LogP contribution in [-0.2, 0) is 0 Å². The monoisotopic (exact) mass is 426 g/mol. The molecule has 1 saturated carbocycles. The van der Waals surface area contributed by atoms with Gasteiger partial charge in [0.25, 0.3) is 5.91 Å². The molecule has 3 aromatic rings. The number of rotatable bonds is 5. The molecule has 0 radical (unpaired) electrons. The number of aromatic amines is 1. The molecule has 2 aliphatic rings. The first kappa shape index (κ1) is 19.3. The molecular weight excluding hydrogens is 400 g/mol. The lowest BCUT2D eigenvalue weighted by atomic mass is 10.2. The van der Waals surface area contributed by atoms with Gasteiger partial charge in [0.15, 0.2) is 17.3 Å². The number of piperazine rings is 1. The van der Waals surface area contributed by atoms with Crippen LogP contribution in [0.25, 0.3) is 10.1 Å². The summed E-state index contributed by atoms with van der Waals surface area (Å²) in [4.78, 5) is 21.1. The van der Waals surface area contributed by atoms with Gasteiger partial charge in [0.2, 0.25) is 0 Å². The number of carbonyl (C=O) groups excluding carboxylic acids is 1. The second-order valence-corrected chi connectivity index (χ2v) is 9.41. The Hall–Kier alpha value is -2.65. The van der Waals surface area contributed by atoms with Crippen LogP contribution in [-0.4, -0.2) is 58.8 Å². The molecule has 1 saturated heterocycles. The molecule has 158 valence electrons. The van der Waals surface area contributed by atoms with Crippen molar-refractivity contribution in [1.29, 1.82) is 0 Å². The standard InChI is InChI=1S/C21H26N6O2S/c1-11-10-27(7-6-22-11)21(28)17-18(29-3)19-14(8-12(2)30-19)20(24-17)23-16-9-15(25-26-16)13-4-5-13/h8-9,11,13,22H,4-7,10H2,1-3H3,(H2,23,24,25,26)/t11-/m1/s1. The molecule has 30 heavy (non-hydrogen) atoms. The maximum Gasteiger partial charge on any atom is 0.276 e. The van der Waals surface area contributed by atoms with Crippen LogP contribution in [0.5, 0.6) is 5.75 Å². The minimum absolute atomic E-state index is 0.100. The van der Waals surface area contributed by atoms with E-state index in [0.29, 0.717) is 42.1 Å². The smallest absolute Gasteiger partial charge is 0.276 e. The number of hydrogen-bond acceptors (Lipinski definition) is 7. The summed E-state index contributed by atoms with van der Waals surface area (Å²) in [5.41, 5.74) is 1.50. The lowest BCUT2D eigenvalue weighted by Gasteiger charge is -2.32. The number of thiophene rings is 1. The van der Waals surface area contributed by atoms with Crippen molar-refractivity contribution in [1.82, 2.24) is 25.4 Å². The number of nitrogens with zero attached hydrogens (tertiary/aromatic N) is 3. The molecule has 0 unspecified atom stereocenters. The van der Waals surface area contributed by atoms with Crippen molar-refractivity contribution >= 4 is 39.0 Å². The van der Waals surface area contributed by atoms with Crippen molar-refractivity contribution in [3.63, 3.8) is 0 Å². The molecule has 9 heteroatoms. The molecule has 3 aromatic heterocycles. The van der Waals surface area contributed by atoms with E-state index in [1.165, 1.54) is 12.8 Å². The summed E-state index contributed by atoms with van der Waals surface area (Å²) in [6.07, 6.45) is 2.41. The van der Waals surface area contributed by atoms with Gasteiger partial charge in [-0.15, -0.1) is 11.3 Å². The van der Waals surface area contributed by atoms with E-state index in [-0.39, 0.29) is 11.9 Å². The van der Waals surface area contributed by atoms with Crippen molar-refractivity contribution < 1.29 is 9.53 Å². The molecule has 3 N–H and O–H groups in total. The molecule has 5 rings (SSSR count). The van der Waals surface area contributed by atoms with E-state index in [4.69, 9.17) is 9.72 Å². The van der Waals surface area contributed by atoms with Crippen LogP contribution in [0.15, 0.2) is 12.1 Å². The molecule has 1 aliphatic heterocycles. The second-order valence-electron chi connectivity index (χ2n) is 8.16. The van der Waals surface area contributed by atoms with E-state index >= 15 is 0 Å². The summed E-state index contributed by atoms with van der Waals surface area (Å²) in [5.74, 6) is 2.39. The Morgan fingerprint density at radius 2 is 2.20 bits per heavy atom. The first-order chi connectivity index (χ1) is 14.5. The van der Waals surface area contributed by atoms with Gasteiger partial charge in [0.1, 0.15) is 5.82 Å². The van der Waals surface area contributed by atoms with Gasteiger partial charge in [-0.25, -0.2) is 4.98 Å². The van der Waals surface area contributed by atoms with Gasteiger partial charge >= 0.3 is 0 Å². The minimum atomic E-state index is -0.100. The Bertz CT molecular complexity index is 1100. The average Bonchev–Trinajstić information content (AvgIpc) is 3.35. The normalized spacial score (nSPS) is 19.3. The van der Waals surface area contributed by atoms with E-state index in [0.717, 1.165) is 27.2 Å². The third kappa shape index (κ3) is 3.52. The molecular formula is C21H26N6O2S. The summed E-state index contributed by atoms with van der Waals surface area (Å²) in [6, 6.07) is 4.37. The number of nitrogens with one attached hydrogen (secondary N) is 3. The summed E-state index contributed by atoms with van der Waals surface area (Å²) in [7, 11) is 1.60. The number of hydrogen-bond donors (Lipinski definition) is 3. The van der Waals surface area contributed by atoms with Crippen LogP contribution in [0.4, 0.5) is 11.6 Å².